The van der Waals surface area contributed by atoms with Gasteiger partial charge in [0.2, 0.25) is 5.95 Å². The van der Waals surface area contributed by atoms with Gasteiger partial charge in [-0.1, -0.05) is 0 Å². The monoisotopic (exact) mass is 744 g/mol. The Bertz CT molecular complexity index is 1500. The smallest absolute Gasteiger partial charge is 0.367 e. The van der Waals surface area contributed by atoms with Crippen LogP contribution in [0.25, 0.3) is 11.2 Å². The van der Waals surface area contributed by atoms with Crippen LogP contribution in [0.15, 0.2) is 27.6 Å². The molecule has 2 aromatic rings. The van der Waals surface area contributed by atoms with Crippen LogP contribution < -0.4 is 33.0 Å². The second-order valence-electron chi connectivity index (χ2n) is 9.69. The highest BCUT2D eigenvalue weighted by atomic mass is 31.3. The molecule has 27 heteroatoms. The Hall–Kier alpha value is -2.76. The van der Waals surface area contributed by atoms with E-state index in [0.717, 1.165) is 0 Å². The maximum absolute atomic E-state index is 12.0. The van der Waals surface area contributed by atoms with Crippen molar-refractivity contribution in [3.63, 3.8) is 0 Å². The number of nitrogen functional groups attached to an aromatic ring is 1. The molecule has 0 bridgehead atoms. The molecule has 2 aromatic heterocycles. The van der Waals surface area contributed by atoms with Gasteiger partial charge in [0, 0.05) is 14.1 Å². The molecule has 13 N–H and O–H groups in total. The van der Waals surface area contributed by atoms with Crippen LogP contribution in [0.2, 0.25) is 0 Å². The minimum Gasteiger partial charge on any atom is -0.387 e. The summed E-state index contributed by atoms with van der Waals surface area (Å²) in [6, 6.07) is 0. The zero-order chi connectivity index (χ0) is 35.0. The van der Waals surface area contributed by atoms with Crippen LogP contribution in [0.4, 0.5) is 5.95 Å². The first-order chi connectivity index (χ1) is 22.9. The molecule has 4 heterocycles. The van der Waals surface area contributed by atoms with Crippen molar-refractivity contribution in [3.8, 4) is 0 Å². The third-order valence-corrected chi connectivity index (χ3v) is 9.46. The number of imidazole rings is 1. The van der Waals surface area contributed by atoms with E-state index in [2.05, 4.69) is 35.9 Å². The highest BCUT2D eigenvalue weighted by molar-refractivity contribution is 7.60. The van der Waals surface area contributed by atoms with Crippen molar-refractivity contribution in [2.24, 2.45) is 10.7 Å². The number of aliphatic hydroxyl groups excluding tert-OH is 2. The first-order valence-corrected chi connectivity index (χ1v) is 17.1. The Labute approximate surface area is 274 Å². The number of carbonyl (C=O) groups is 1. The molecule has 0 aromatic carbocycles. The number of carbonyl (C=O) groups excluding carboxylic acids is 1. The molecule has 24 nitrogen and oxygen atoms in total. The molecule has 268 valence electrons. The molecular formula is C21H35N10O14P3. The number of aliphatic hydroxyl groups is 2. The van der Waals surface area contributed by atoms with E-state index in [1.165, 1.54) is 20.4 Å². The van der Waals surface area contributed by atoms with Gasteiger partial charge in [-0.25, -0.2) is 18.5 Å². The summed E-state index contributed by atoms with van der Waals surface area (Å²) in [4.78, 5) is 72.7. The Kier molecular flexibility index (Phi) is 14.1. The van der Waals surface area contributed by atoms with Crippen LogP contribution in [0.3, 0.4) is 0 Å². The van der Waals surface area contributed by atoms with Gasteiger partial charge in [0.1, 0.15) is 36.8 Å². The molecule has 0 radical (unpaired) electrons. The van der Waals surface area contributed by atoms with Crippen LogP contribution in [0.1, 0.15) is 19.1 Å². The number of nitrogens with two attached hydrogens (primary N) is 2. The first kappa shape index (κ1) is 38.0. The summed E-state index contributed by atoms with van der Waals surface area (Å²) in [5, 5.41) is 28.6. The van der Waals surface area contributed by atoms with E-state index in [9.17, 15) is 34.5 Å². The van der Waals surface area contributed by atoms with Gasteiger partial charge in [-0.2, -0.15) is 14.7 Å². The van der Waals surface area contributed by atoms with Crippen molar-refractivity contribution in [2.75, 3.05) is 33.0 Å². The molecule has 0 saturated carbocycles. The zero-order valence-electron chi connectivity index (χ0n) is 25.1. The maximum atomic E-state index is 12.0. The maximum Gasteiger partial charge on any atom is 0.367 e. The van der Waals surface area contributed by atoms with Gasteiger partial charge < -0.3 is 66.3 Å². The molecule has 48 heavy (non-hydrogen) atoms. The van der Waals surface area contributed by atoms with Gasteiger partial charge in [-0.3, -0.25) is 19.1 Å². The van der Waals surface area contributed by atoms with Gasteiger partial charge >= 0.3 is 25.8 Å². The quantitative estimate of drug-likeness (QED) is 0.0148. The summed E-state index contributed by atoms with van der Waals surface area (Å²) in [6.07, 6.45) is -3.67. The molecular weight excluding hydrogens is 709 g/mol. The van der Waals surface area contributed by atoms with E-state index in [0.29, 0.717) is 19.1 Å². The summed E-state index contributed by atoms with van der Waals surface area (Å²) in [5.41, 5.74) is 11.1. The highest BCUT2D eigenvalue weighted by Crippen LogP contribution is 2.57. The Balaban J connectivity index is 1.16. The van der Waals surface area contributed by atoms with Crippen LogP contribution in [0.5, 0.6) is 0 Å². The number of aldehydes is 1. The minimum atomic E-state index is -2.93. The van der Waals surface area contributed by atoms with Crippen LogP contribution in [-0.2, 0) is 37.0 Å². The van der Waals surface area contributed by atoms with Crippen LogP contribution >= 0.6 is 25.8 Å². The lowest BCUT2D eigenvalue weighted by molar-refractivity contribution is -0.233. The summed E-state index contributed by atoms with van der Waals surface area (Å²) in [6.45, 7) is -0.675. The number of allylic oxidation sites excluding steroid dienone is 1. The Morgan fingerprint density at radius 1 is 1.15 bits per heavy atom. The fraction of sp³-hybridized carbons (Fsp3) is 0.571. The van der Waals surface area contributed by atoms with Crippen molar-refractivity contribution >= 4 is 55.2 Å². The third kappa shape index (κ3) is 9.91. The highest BCUT2D eigenvalue weighted by Gasteiger charge is 2.44. The van der Waals surface area contributed by atoms with Gasteiger partial charge in [0.05, 0.1) is 19.0 Å². The van der Waals surface area contributed by atoms with Crippen molar-refractivity contribution in [3.05, 3.63) is 28.2 Å². The van der Waals surface area contributed by atoms with E-state index < -0.39 is 74.8 Å². The number of H-pyrrole nitrogens is 1. The van der Waals surface area contributed by atoms with E-state index >= 15 is 0 Å². The fourth-order valence-electron chi connectivity index (χ4n) is 4.35. The number of hydrogen-bond donors (Lipinski definition) is 11. The van der Waals surface area contributed by atoms with Crippen LogP contribution in [0, 0.1) is 0 Å². The second kappa shape index (κ2) is 17.8. The molecule has 2 fully saturated rings. The third-order valence-electron chi connectivity index (χ3n) is 6.62. The first-order valence-electron chi connectivity index (χ1n) is 13.7. The number of guanidine groups is 1. The molecule has 0 aliphatic carbocycles. The average Bonchev–Trinajstić information content (AvgIpc) is 3.75. The topological polar surface area (TPSA) is 347 Å². The van der Waals surface area contributed by atoms with Crippen molar-refractivity contribution in [1.29, 1.82) is 0 Å². The molecule has 4 rings (SSSR count). The predicted molar refractivity (Wildman–Crippen MR) is 165 cm³/mol. The number of hydrogen-bond acceptors (Lipinski definition) is 20. The standard InChI is InChI=1S/C21H35N10O14P3/c1-24-10(5-32)16(28-20(22)25-2)27-19-15(34)14(33)11(42-19)7-40-46(36)44-48(38)45-47(37)43-39-6-9-3-4-12(41-9)31-8-26-13-17(31)29-21(23)30-18(13)35/h5,8-9,11-12,14-15,19,24,27,33-34,36-38H,3-4,6-7H2,1-2H3,(H3,22,25,28)(H3,23,29,30,35)/b16-10+. The number of nitrogens with zero attached hydrogens (tertiary/aromatic N) is 4. The number of likely N-dealkylation sites (N-methyl/N-ethyl adjacent to an activating group) is 1. The van der Waals surface area contributed by atoms with Gasteiger partial charge in [-0.15, -0.1) is 0 Å². The number of anilines is 1. The number of aliphatic imine (C=N–C) groups is 1. The van der Waals surface area contributed by atoms with Crippen molar-refractivity contribution < 1.29 is 61.9 Å². The molecule has 0 spiro atoms. The second-order valence-corrected chi connectivity index (χ2v) is 12.8. The molecule has 0 amide bonds. The average molecular weight is 744 g/mol. The molecule has 9 unspecified atom stereocenters. The SMILES string of the molecule is CN/C(N)=N\C(NC1OC(COP(O)OP(O)OP(O)OOCC2CCC(n3cnc4c(=O)[nH]c(N)nc43)O2)C(O)C1O)=C(/C=O)NC. The number of nitrogens with one attached hydrogen (secondary N) is 4. The summed E-state index contributed by atoms with van der Waals surface area (Å²) < 4.78 is 32.2. The Morgan fingerprint density at radius 3 is 2.60 bits per heavy atom. The lowest BCUT2D eigenvalue weighted by Gasteiger charge is -2.20. The lowest BCUT2D eigenvalue weighted by atomic mass is 10.1. The number of fused-ring (bicyclic) bond motifs is 1. The lowest BCUT2D eigenvalue weighted by Crippen LogP contribution is -2.42. The zero-order valence-corrected chi connectivity index (χ0v) is 27.8. The summed E-state index contributed by atoms with van der Waals surface area (Å²) in [7, 11) is -5.65. The van der Waals surface area contributed by atoms with Crippen molar-refractivity contribution in [2.45, 2.75) is 49.7 Å². The van der Waals surface area contributed by atoms with E-state index in [1.54, 1.807) is 4.57 Å². The van der Waals surface area contributed by atoms with Gasteiger partial charge in [-0.05, 0) is 12.8 Å². The Morgan fingerprint density at radius 2 is 1.90 bits per heavy atom. The van der Waals surface area contributed by atoms with E-state index in [4.69, 9.17) is 43.6 Å². The van der Waals surface area contributed by atoms with Crippen molar-refractivity contribution in [1.82, 2.24) is 35.5 Å². The summed E-state index contributed by atoms with van der Waals surface area (Å²) in [5.74, 6) is -0.250. The number of aromatic amines is 1. The summed E-state index contributed by atoms with van der Waals surface area (Å²) >= 11 is 0. The molecule has 9 atom stereocenters. The number of ether oxygens (including phenoxy) is 2. The van der Waals surface area contributed by atoms with Crippen LogP contribution in [-0.4, -0.2) is 115 Å². The minimum absolute atomic E-state index is 0.0382. The number of aromatic nitrogens is 4. The van der Waals surface area contributed by atoms with Gasteiger partial charge in [0.25, 0.3) is 5.56 Å². The largest absolute Gasteiger partial charge is 0.387 e. The predicted octanol–water partition coefficient (Wildman–Crippen LogP) is -2.81. The van der Waals surface area contributed by atoms with E-state index in [-0.39, 0.29) is 41.2 Å². The normalized spacial score (nSPS) is 27.0. The molecule has 2 aliphatic rings. The van der Waals surface area contributed by atoms with E-state index in [1.807, 2.05) is 0 Å². The number of rotatable bonds is 17. The molecule has 2 aliphatic heterocycles. The van der Waals surface area contributed by atoms with Gasteiger partial charge in [0.15, 0.2) is 35.5 Å². The fourth-order valence-corrected chi connectivity index (χ4v) is 6.41. The molecule has 2 saturated heterocycles.